The van der Waals surface area contributed by atoms with Crippen LogP contribution >= 0.6 is 0 Å². The van der Waals surface area contributed by atoms with E-state index in [4.69, 9.17) is 9.47 Å². The van der Waals surface area contributed by atoms with E-state index in [2.05, 4.69) is 37.9 Å². The van der Waals surface area contributed by atoms with E-state index in [-0.39, 0.29) is 0 Å². The van der Waals surface area contributed by atoms with Crippen molar-refractivity contribution >= 4 is 5.71 Å². The van der Waals surface area contributed by atoms with E-state index in [0.29, 0.717) is 25.2 Å². The van der Waals surface area contributed by atoms with Gasteiger partial charge in [-0.1, -0.05) is 6.92 Å². The van der Waals surface area contributed by atoms with Crippen molar-refractivity contribution in [3.8, 4) is 11.5 Å². The molecule has 0 amide bonds. The highest BCUT2D eigenvalue weighted by Crippen LogP contribution is 2.39. The van der Waals surface area contributed by atoms with Crippen LogP contribution in [0.4, 0.5) is 0 Å². The van der Waals surface area contributed by atoms with Gasteiger partial charge in [0.25, 0.3) is 0 Å². The molecular formula is C14H17NO2. The molecule has 0 N–H and O–H groups in total. The summed E-state index contributed by atoms with van der Waals surface area (Å²) in [5.74, 6) is 2.17. The summed E-state index contributed by atoms with van der Waals surface area (Å²) < 4.78 is 11.3. The van der Waals surface area contributed by atoms with Crippen LogP contribution in [0.15, 0.2) is 17.1 Å². The molecule has 2 aliphatic rings. The first-order valence-corrected chi connectivity index (χ1v) is 6.15. The zero-order chi connectivity index (χ0) is 12.0. The Morgan fingerprint density at radius 1 is 1.12 bits per heavy atom. The number of nitrogens with zero attached hydrogens (tertiary/aromatic N) is 1. The van der Waals surface area contributed by atoms with Crippen LogP contribution in [0.1, 0.15) is 37.8 Å². The fourth-order valence-electron chi connectivity index (χ4n) is 2.54. The van der Waals surface area contributed by atoms with Crippen molar-refractivity contribution in [2.75, 3.05) is 13.2 Å². The minimum atomic E-state index is 0.338. The maximum absolute atomic E-state index is 5.64. The molecule has 3 rings (SSSR count). The number of hydrogen-bond donors (Lipinski definition) is 0. The van der Waals surface area contributed by atoms with Crippen LogP contribution in [-0.4, -0.2) is 25.0 Å². The summed E-state index contributed by atoms with van der Waals surface area (Å²) in [5.41, 5.74) is 3.64. The molecule has 1 aromatic carbocycles. The van der Waals surface area contributed by atoms with Gasteiger partial charge in [-0.05, 0) is 31.5 Å². The highest BCUT2D eigenvalue weighted by molar-refractivity contribution is 6.01. The van der Waals surface area contributed by atoms with Gasteiger partial charge in [0.2, 0.25) is 0 Å². The molecule has 90 valence electrons. The van der Waals surface area contributed by atoms with Crippen molar-refractivity contribution < 1.29 is 9.47 Å². The third kappa shape index (κ3) is 1.61. The first-order chi connectivity index (χ1) is 8.16. The van der Waals surface area contributed by atoms with E-state index in [9.17, 15) is 0 Å². The first kappa shape index (κ1) is 10.6. The van der Waals surface area contributed by atoms with E-state index >= 15 is 0 Å². The molecule has 0 spiro atoms. The lowest BCUT2D eigenvalue weighted by Crippen LogP contribution is -2.23. The Hall–Kier alpha value is -1.51. The largest absolute Gasteiger partial charge is 0.486 e. The van der Waals surface area contributed by atoms with Gasteiger partial charge in [0, 0.05) is 17.2 Å². The normalized spacial score (nSPS) is 26.2. The molecule has 0 saturated carbocycles. The van der Waals surface area contributed by atoms with Gasteiger partial charge in [-0.3, -0.25) is 4.99 Å². The fraction of sp³-hybridized carbons (Fsp3) is 0.500. The van der Waals surface area contributed by atoms with Crippen LogP contribution in [0.25, 0.3) is 0 Å². The summed E-state index contributed by atoms with van der Waals surface area (Å²) in [6, 6.07) is 4.54. The molecule has 1 aromatic rings. The second-order valence-corrected chi connectivity index (χ2v) is 4.83. The Morgan fingerprint density at radius 2 is 1.76 bits per heavy atom. The number of benzene rings is 1. The zero-order valence-corrected chi connectivity index (χ0v) is 10.5. The number of rotatable bonds is 0. The molecule has 2 atom stereocenters. The molecule has 0 radical (unpaired) electrons. The fourth-order valence-corrected chi connectivity index (χ4v) is 2.54. The molecule has 0 aliphatic carbocycles. The van der Waals surface area contributed by atoms with Crippen LogP contribution in [-0.2, 0) is 0 Å². The van der Waals surface area contributed by atoms with Crippen molar-refractivity contribution in [3.05, 3.63) is 23.3 Å². The molecule has 3 nitrogen and oxygen atoms in total. The van der Waals surface area contributed by atoms with Crippen LogP contribution in [0.2, 0.25) is 0 Å². The Morgan fingerprint density at radius 3 is 2.47 bits per heavy atom. The van der Waals surface area contributed by atoms with E-state index < -0.39 is 0 Å². The van der Waals surface area contributed by atoms with Crippen LogP contribution < -0.4 is 9.47 Å². The van der Waals surface area contributed by atoms with Gasteiger partial charge in [0.1, 0.15) is 13.2 Å². The smallest absolute Gasteiger partial charge is 0.162 e. The summed E-state index contributed by atoms with van der Waals surface area (Å²) in [5, 5.41) is 0. The average Bonchev–Trinajstić information content (AvgIpc) is 2.34. The van der Waals surface area contributed by atoms with Crippen molar-refractivity contribution in [2.45, 2.75) is 32.7 Å². The van der Waals surface area contributed by atoms with Gasteiger partial charge < -0.3 is 9.47 Å². The molecule has 0 saturated heterocycles. The van der Waals surface area contributed by atoms with E-state index in [1.807, 2.05) is 0 Å². The van der Waals surface area contributed by atoms with Crippen LogP contribution in [0.5, 0.6) is 11.5 Å². The summed E-state index contributed by atoms with van der Waals surface area (Å²) in [6.45, 7) is 7.72. The Labute approximate surface area is 101 Å². The number of hydrogen-bond acceptors (Lipinski definition) is 3. The van der Waals surface area contributed by atoms with Gasteiger partial charge >= 0.3 is 0 Å². The average molecular weight is 231 g/mol. The van der Waals surface area contributed by atoms with Gasteiger partial charge in [0.05, 0.1) is 6.04 Å². The van der Waals surface area contributed by atoms with E-state index in [0.717, 1.165) is 17.2 Å². The number of ether oxygens (including phenoxy) is 2. The molecule has 0 aromatic heterocycles. The van der Waals surface area contributed by atoms with Gasteiger partial charge in [-0.25, -0.2) is 0 Å². The minimum absolute atomic E-state index is 0.338. The number of fused-ring (bicyclic) bond motifs is 2. The third-order valence-electron chi connectivity index (χ3n) is 3.72. The Balaban J connectivity index is 2.16. The highest BCUT2D eigenvalue weighted by Gasteiger charge is 2.26. The third-order valence-corrected chi connectivity index (χ3v) is 3.72. The predicted molar refractivity (Wildman–Crippen MR) is 67.5 cm³/mol. The van der Waals surface area contributed by atoms with Gasteiger partial charge in [-0.2, -0.15) is 0 Å². The van der Waals surface area contributed by atoms with E-state index in [1.54, 1.807) is 0 Å². The summed E-state index contributed by atoms with van der Waals surface area (Å²) in [6.07, 6.45) is 0. The predicted octanol–water partition coefficient (Wildman–Crippen LogP) is 2.77. The maximum Gasteiger partial charge on any atom is 0.162 e. The highest BCUT2D eigenvalue weighted by atomic mass is 16.6. The summed E-state index contributed by atoms with van der Waals surface area (Å²) in [4.78, 5) is 4.67. The van der Waals surface area contributed by atoms with Crippen molar-refractivity contribution in [1.82, 2.24) is 0 Å². The standard InChI is InChI=1S/C14H17NO2/c1-8-9(2)15-10(3)12-7-14-13(6-11(8)12)16-4-5-17-14/h6-9H,4-5H2,1-3H3. The van der Waals surface area contributed by atoms with Crippen molar-refractivity contribution in [2.24, 2.45) is 4.99 Å². The van der Waals surface area contributed by atoms with Crippen LogP contribution in [0.3, 0.4) is 0 Å². The monoisotopic (exact) mass is 231 g/mol. The lowest BCUT2D eigenvalue weighted by molar-refractivity contribution is 0.171. The second-order valence-electron chi connectivity index (χ2n) is 4.83. The molecule has 2 unspecified atom stereocenters. The second kappa shape index (κ2) is 3.76. The topological polar surface area (TPSA) is 30.8 Å². The van der Waals surface area contributed by atoms with Crippen LogP contribution in [0, 0.1) is 0 Å². The summed E-state index contributed by atoms with van der Waals surface area (Å²) >= 11 is 0. The number of aliphatic imine (C=N–C) groups is 1. The van der Waals surface area contributed by atoms with Gasteiger partial charge in [0.15, 0.2) is 11.5 Å². The van der Waals surface area contributed by atoms with Crippen molar-refractivity contribution in [3.63, 3.8) is 0 Å². The maximum atomic E-state index is 5.64. The van der Waals surface area contributed by atoms with E-state index in [1.165, 1.54) is 11.1 Å². The zero-order valence-electron chi connectivity index (χ0n) is 10.5. The quantitative estimate of drug-likeness (QED) is 0.687. The lowest BCUT2D eigenvalue weighted by atomic mass is 9.85. The molecule has 0 fully saturated rings. The molecule has 17 heavy (non-hydrogen) atoms. The SMILES string of the molecule is CC1=NC(C)C(C)c2cc3c(cc21)OCCO3. The minimum Gasteiger partial charge on any atom is -0.486 e. The Kier molecular flexibility index (Phi) is 2.35. The van der Waals surface area contributed by atoms with Crippen molar-refractivity contribution in [1.29, 1.82) is 0 Å². The lowest BCUT2D eigenvalue weighted by Gasteiger charge is -2.28. The molecular weight excluding hydrogens is 214 g/mol. The van der Waals surface area contributed by atoms with Gasteiger partial charge in [-0.15, -0.1) is 0 Å². The molecule has 2 heterocycles. The molecule has 0 bridgehead atoms. The summed E-state index contributed by atoms with van der Waals surface area (Å²) in [7, 11) is 0. The molecule has 3 heteroatoms. The Bertz CT molecular complexity index is 493. The molecule has 2 aliphatic heterocycles. The first-order valence-electron chi connectivity index (χ1n) is 6.15.